The molecule has 1 aromatic rings. The van der Waals surface area contributed by atoms with Gasteiger partial charge in [0.25, 0.3) is 0 Å². The molecule has 4 nitrogen and oxygen atoms in total. The highest BCUT2D eigenvalue weighted by Crippen LogP contribution is 2.21. The lowest BCUT2D eigenvalue weighted by Crippen LogP contribution is -2.41. The van der Waals surface area contributed by atoms with Crippen molar-refractivity contribution in [1.82, 2.24) is 10.2 Å². The highest BCUT2D eigenvalue weighted by atomic mass is 16.2. The zero-order valence-electron chi connectivity index (χ0n) is 10.7. The molecule has 0 aliphatic carbocycles. The molecular formula is C14H18N2O2. The molecule has 1 heterocycles. The number of carbonyl (C=O) groups excluding carboxylic acids is 2. The first-order valence-electron chi connectivity index (χ1n) is 6.28. The highest BCUT2D eigenvalue weighted by Gasteiger charge is 2.33. The summed E-state index contributed by atoms with van der Waals surface area (Å²) in [5.74, 6) is -0.0947. The van der Waals surface area contributed by atoms with Gasteiger partial charge in [-0.1, -0.05) is 30.3 Å². The topological polar surface area (TPSA) is 49.4 Å². The maximum absolute atomic E-state index is 12.4. The lowest BCUT2D eigenvalue weighted by molar-refractivity contribution is -0.134. The Labute approximate surface area is 107 Å². The van der Waals surface area contributed by atoms with Crippen LogP contribution in [0, 0.1) is 0 Å². The quantitative estimate of drug-likeness (QED) is 0.859. The van der Waals surface area contributed by atoms with E-state index < -0.39 is 6.04 Å². The minimum absolute atomic E-state index is 0.0259. The average molecular weight is 246 g/mol. The Kier molecular flexibility index (Phi) is 3.65. The van der Waals surface area contributed by atoms with E-state index in [1.54, 1.807) is 4.90 Å². The van der Waals surface area contributed by atoms with Crippen molar-refractivity contribution in [3.05, 3.63) is 35.9 Å². The van der Waals surface area contributed by atoms with E-state index in [4.69, 9.17) is 0 Å². The van der Waals surface area contributed by atoms with Crippen molar-refractivity contribution in [2.75, 3.05) is 6.54 Å². The fourth-order valence-electron chi connectivity index (χ4n) is 2.38. The van der Waals surface area contributed by atoms with Crippen LogP contribution < -0.4 is 5.32 Å². The van der Waals surface area contributed by atoms with Crippen molar-refractivity contribution in [2.24, 2.45) is 0 Å². The van der Waals surface area contributed by atoms with Crippen molar-refractivity contribution in [1.29, 1.82) is 0 Å². The minimum atomic E-state index is -0.552. The summed E-state index contributed by atoms with van der Waals surface area (Å²) in [5.41, 5.74) is 0.836. The Hall–Kier alpha value is -1.84. The third-order valence-corrected chi connectivity index (χ3v) is 3.32. The zero-order chi connectivity index (χ0) is 13.1. The van der Waals surface area contributed by atoms with Crippen molar-refractivity contribution >= 4 is 11.8 Å². The van der Waals surface area contributed by atoms with Crippen LogP contribution in [0.3, 0.4) is 0 Å². The number of hydrogen-bond acceptors (Lipinski definition) is 2. The lowest BCUT2D eigenvalue weighted by Gasteiger charge is -2.27. The van der Waals surface area contributed by atoms with E-state index in [0.29, 0.717) is 13.0 Å². The van der Waals surface area contributed by atoms with E-state index in [1.807, 2.05) is 44.2 Å². The number of carbonyl (C=O) groups is 2. The Balaban J connectivity index is 2.34. The third kappa shape index (κ3) is 2.37. The molecule has 2 amide bonds. The lowest BCUT2D eigenvalue weighted by atomic mass is 10.1. The van der Waals surface area contributed by atoms with Gasteiger partial charge in [0.05, 0.1) is 0 Å². The summed E-state index contributed by atoms with van der Waals surface area (Å²) in [4.78, 5) is 26.0. The first-order valence-corrected chi connectivity index (χ1v) is 6.28. The molecule has 2 atom stereocenters. The molecular weight excluding hydrogens is 228 g/mol. The monoisotopic (exact) mass is 246 g/mol. The van der Waals surface area contributed by atoms with Crippen LogP contribution in [0.5, 0.6) is 0 Å². The van der Waals surface area contributed by atoms with E-state index in [9.17, 15) is 9.59 Å². The average Bonchev–Trinajstić information content (AvgIpc) is 2.47. The van der Waals surface area contributed by atoms with Gasteiger partial charge in [0.2, 0.25) is 11.8 Å². The first-order chi connectivity index (χ1) is 8.63. The van der Waals surface area contributed by atoms with E-state index in [0.717, 1.165) is 5.56 Å². The molecule has 1 N–H and O–H groups in total. The van der Waals surface area contributed by atoms with Crippen LogP contribution in [0.15, 0.2) is 30.3 Å². The van der Waals surface area contributed by atoms with Crippen molar-refractivity contribution in [3.8, 4) is 0 Å². The molecule has 4 heteroatoms. The van der Waals surface area contributed by atoms with Gasteiger partial charge in [-0.15, -0.1) is 0 Å². The van der Waals surface area contributed by atoms with Crippen LogP contribution >= 0.6 is 0 Å². The molecule has 96 valence electrons. The summed E-state index contributed by atoms with van der Waals surface area (Å²) in [6.07, 6.45) is 0.364. The van der Waals surface area contributed by atoms with Crippen LogP contribution in [0.1, 0.15) is 31.9 Å². The molecule has 1 fully saturated rings. The van der Waals surface area contributed by atoms with Gasteiger partial charge in [0, 0.05) is 19.0 Å². The largest absolute Gasteiger partial charge is 0.340 e. The van der Waals surface area contributed by atoms with Gasteiger partial charge < -0.3 is 10.2 Å². The van der Waals surface area contributed by atoms with Gasteiger partial charge >= 0.3 is 0 Å². The number of nitrogens with one attached hydrogen (secondary N) is 1. The van der Waals surface area contributed by atoms with Crippen LogP contribution in [-0.2, 0) is 9.59 Å². The Bertz CT molecular complexity index is 444. The Morgan fingerprint density at radius 1 is 1.28 bits per heavy atom. The predicted octanol–water partition coefficient (Wildman–Crippen LogP) is 1.48. The second-order valence-corrected chi connectivity index (χ2v) is 4.59. The molecule has 2 rings (SSSR count). The molecule has 18 heavy (non-hydrogen) atoms. The number of amides is 2. The van der Waals surface area contributed by atoms with Crippen LogP contribution in [0.25, 0.3) is 0 Å². The molecule has 1 aliphatic rings. The molecule has 1 aliphatic heterocycles. The summed E-state index contributed by atoms with van der Waals surface area (Å²) in [6, 6.07) is 8.78. The summed E-state index contributed by atoms with van der Waals surface area (Å²) in [5, 5.41) is 2.81. The van der Waals surface area contributed by atoms with Crippen LogP contribution in [0.4, 0.5) is 0 Å². The number of benzene rings is 1. The SMILES string of the molecule is CCN1C(=O)C(c2ccccc2)NC(=O)CC1C. The Morgan fingerprint density at radius 3 is 2.56 bits per heavy atom. The van der Waals surface area contributed by atoms with Gasteiger partial charge in [-0.2, -0.15) is 0 Å². The van der Waals surface area contributed by atoms with Crippen molar-refractivity contribution in [3.63, 3.8) is 0 Å². The van der Waals surface area contributed by atoms with Crippen molar-refractivity contribution < 1.29 is 9.59 Å². The van der Waals surface area contributed by atoms with Gasteiger partial charge in [-0.25, -0.2) is 0 Å². The standard InChI is InChI=1S/C14H18N2O2/c1-3-16-10(2)9-12(17)15-13(14(16)18)11-7-5-4-6-8-11/h4-8,10,13H,3,9H2,1-2H3,(H,15,17). The number of nitrogens with zero attached hydrogens (tertiary/aromatic N) is 1. The maximum Gasteiger partial charge on any atom is 0.250 e. The molecule has 0 bridgehead atoms. The second kappa shape index (κ2) is 5.21. The van der Waals surface area contributed by atoms with Gasteiger partial charge in [0.1, 0.15) is 6.04 Å². The summed E-state index contributed by atoms with van der Waals surface area (Å²) < 4.78 is 0. The summed E-state index contributed by atoms with van der Waals surface area (Å²) >= 11 is 0. The number of hydrogen-bond donors (Lipinski definition) is 1. The smallest absolute Gasteiger partial charge is 0.250 e. The molecule has 0 aromatic heterocycles. The number of likely N-dealkylation sites (N-methyl/N-ethyl adjacent to an activating group) is 1. The van der Waals surface area contributed by atoms with Crippen LogP contribution in [-0.4, -0.2) is 29.3 Å². The van der Waals surface area contributed by atoms with Gasteiger partial charge in [-0.3, -0.25) is 9.59 Å². The molecule has 1 aromatic carbocycles. The molecule has 0 radical (unpaired) electrons. The van der Waals surface area contributed by atoms with E-state index in [1.165, 1.54) is 0 Å². The second-order valence-electron chi connectivity index (χ2n) is 4.59. The number of rotatable bonds is 2. The maximum atomic E-state index is 12.4. The van der Waals surface area contributed by atoms with Crippen LogP contribution in [0.2, 0.25) is 0 Å². The van der Waals surface area contributed by atoms with E-state index >= 15 is 0 Å². The van der Waals surface area contributed by atoms with E-state index in [-0.39, 0.29) is 17.9 Å². The molecule has 1 saturated heterocycles. The fraction of sp³-hybridized carbons (Fsp3) is 0.429. The zero-order valence-corrected chi connectivity index (χ0v) is 10.7. The minimum Gasteiger partial charge on any atom is -0.340 e. The summed E-state index contributed by atoms with van der Waals surface area (Å²) in [7, 11) is 0. The van der Waals surface area contributed by atoms with Crippen molar-refractivity contribution in [2.45, 2.75) is 32.4 Å². The molecule has 0 saturated carbocycles. The predicted molar refractivity (Wildman–Crippen MR) is 68.8 cm³/mol. The van der Waals surface area contributed by atoms with Gasteiger partial charge in [-0.05, 0) is 19.4 Å². The highest BCUT2D eigenvalue weighted by molar-refractivity contribution is 5.91. The first kappa shape index (κ1) is 12.6. The van der Waals surface area contributed by atoms with Gasteiger partial charge in [0.15, 0.2) is 0 Å². The summed E-state index contributed by atoms with van der Waals surface area (Å²) in [6.45, 7) is 4.47. The molecule has 0 spiro atoms. The normalized spacial score (nSPS) is 24.7. The third-order valence-electron chi connectivity index (χ3n) is 3.32. The Morgan fingerprint density at radius 2 is 1.94 bits per heavy atom. The van der Waals surface area contributed by atoms with E-state index in [2.05, 4.69) is 5.32 Å². The molecule has 2 unspecified atom stereocenters. The fourth-order valence-corrected chi connectivity index (χ4v) is 2.38.